The van der Waals surface area contributed by atoms with E-state index in [4.69, 9.17) is 11.6 Å². The van der Waals surface area contributed by atoms with E-state index in [0.29, 0.717) is 16.5 Å². The first-order valence-electron chi connectivity index (χ1n) is 9.82. The Labute approximate surface area is 232 Å². The van der Waals surface area contributed by atoms with Gasteiger partial charge in [0, 0.05) is 12.1 Å². The molecule has 0 radical (unpaired) electrons. The molecule has 1 aliphatic carbocycles. The predicted octanol–water partition coefficient (Wildman–Crippen LogP) is 4.40. The standard InChI is InChI=1S/C19H11ClF2N5OS.C4H3O.2Ni/c20-14-9-24-15(17(21)22)7-12(14)11-5-6-23-8-13(11)18(28)25-19-27-26-16(29-19)4-3-10-1-2-10;1-2-3-4-5;;/h5,7-10,17H,1-2H2,(H,25,27,28);1-3H;;/q2*-1;;+2/b;3-2-;;. The third-order valence-electron chi connectivity index (χ3n) is 4.23. The Balaban J connectivity index is 0.000000584. The Morgan fingerprint density at radius 2 is 2.11 bits per heavy atom. The van der Waals surface area contributed by atoms with Crippen LogP contribution >= 0.6 is 22.9 Å². The number of pyridine rings is 2. The van der Waals surface area contributed by atoms with Crippen LogP contribution in [0.1, 0.15) is 40.3 Å². The smallest absolute Gasteiger partial charge is 2.00 e. The van der Waals surface area contributed by atoms with Gasteiger partial charge in [-0.2, -0.15) is 0 Å². The Morgan fingerprint density at radius 1 is 1.33 bits per heavy atom. The van der Waals surface area contributed by atoms with Crippen molar-refractivity contribution in [3.05, 3.63) is 64.2 Å². The minimum absolute atomic E-state index is 0. The molecule has 1 N–H and O–H groups in total. The molecule has 3 aromatic heterocycles. The molecule has 1 amide bonds. The number of nitrogens with one attached hydrogen (secondary N) is 1. The molecule has 3 aromatic rings. The molecule has 0 atom stereocenters. The zero-order valence-corrected chi connectivity index (χ0v) is 21.4. The summed E-state index contributed by atoms with van der Waals surface area (Å²) < 4.78 is 26.1. The van der Waals surface area contributed by atoms with Gasteiger partial charge in [-0.25, -0.2) is 8.78 Å². The van der Waals surface area contributed by atoms with Crippen molar-refractivity contribution in [2.75, 3.05) is 5.32 Å². The van der Waals surface area contributed by atoms with Crippen molar-refractivity contribution in [1.29, 1.82) is 0 Å². The number of allylic oxidation sites excluding steroid dienone is 2. The van der Waals surface area contributed by atoms with Crippen molar-refractivity contribution in [1.82, 2.24) is 20.2 Å². The molecule has 0 unspecified atom stereocenters. The third-order valence-corrected chi connectivity index (χ3v) is 5.48. The number of amides is 1. The van der Waals surface area contributed by atoms with Crippen LogP contribution < -0.4 is 5.32 Å². The van der Waals surface area contributed by atoms with Gasteiger partial charge in [0.25, 0.3) is 6.43 Å². The monoisotopic (exact) mass is 613 g/mol. The number of alkyl halides is 2. The molecule has 0 aliphatic heterocycles. The molecule has 0 saturated heterocycles. The van der Waals surface area contributed by atoms with Crippen LogP contribution in [0.25, 0.3) is 11.1 Å². The number of hydrogen-bond acceptors (Lipinski definition) is 7. The van der Waals surface area contributed by atoms with Crippen molar-refractivity contribution < 1.29 is 49.9 Å². The summed E-state index contributed by atoms with van der Waals surface area (Å²) >= 11 is 11.4. The number of hydrogen-bond donors (Lipinski definition) is 1. The fourth-order valence-electron chi connectivity index (χ4n) is 2.49. The molecular weight excluding hydrogens is 601 g/mol. The van der Waals surface area contributed by atoms with Gasteiger partial charge in [-0.1, -0.05) is 46.8 Å². The minimum Gasteiger partial charge on any atom is 2.00 e. The predicted molar refractivity (Wildman–Crippen MR) is 125 cm³/mol. The van der Waals surface area contributed by atoms with Crippen LogP contribution in [-0.2, 0) is 36.3 Å². The van der Waals surface area contributed by atoms with E-state index in [2.05, 4.69) is 58.6 Å². The maximum atomic E-state index is 13.0. The fraction of sp³-hybridized carbons (Fsp3) is 0.174. The van der Waals surface area contributed by atoms with E-state index in [0.717, 1.165) is 36.4 Å². The molecule has 4 rings (SSSR count). The van der Waals surface area contributed by atoms with Gasteiger partial charge in [0.05, 0.1) is 5.02 Å². The summed E-state index contributed by atoms with van der Waals surface area (Å²) in [6, 6.07) is 2.54. The Hall–Kier alpha value is -2.69. The van der Waals surface area contributed by atoms with Crippen LogP contribution in [0.2, 0.25) is 5.02 Å². The molecule has 190 valence electrons. The van der Waals surface area contributed by atoms with Gasteiger partial charge in [0.2, 0.25) is 11.0 Å². The molecule has 0 bridgehead atoms. The summed E-state index contributed by atoms with van der Waals surface area (Å²) in [5.74, 6) is 5.89. The van der Waals surface area contributed by atoms with E-state index in [1.807, 2.05) is 0 Å². The maximum absolute atomic E-state index is 13.0. The second-order valence-corrected chi connectivity index (χ2v) is 8.46. The Bertz CT molecular complexity index is 1310. The summed E-state index contributed by atoms with van der Waals surface area (Å²) in [5.41, 5.74) is 0.201. The van der Waals surface area contributed by atoms with E-state index < -0.39 is 18.0 Å². The quantitative estimate of drug-likeness (QED) is 0.191. The minimum atomic E-state index is -2.77. The van der Waals surface area contributed by atoms with Crippen molar-refractivity contribution in [3.63, 3.8) is 0 Å². The molecule has 7 nitrogen and oxygen atoms in total. The molecule has 36 heavy (non-hydrogen) atoms. The van der Waals surface area contributed by atoms with Gasteiger partial charge in [-0.3, -0.25) is 15.1 Å². The van der Waals surface area contributed by atoms with E-state index in [-0.39, 0.29) is 37.8 Å². The first-order chi connectivity index (χ1) is 16.9. The topological polar surface area (TPSA) is 97.7 Å². The average Bonchev–Trinajstić information content (AvgIpc) is 3.59. The first kappa shape index (κ1) is 29.5. The van der Waals surface area contributed by atoms with Gasteiger partial charge in [-0.15, -0.1) is 21.8 Å². The van der Waals surface area contributed by atoms with Crippen LogP contribution in [0.5, 0.6) is 0 Å². The number of nitrogens with zero attached hydrogens (tertiary/aromatic N) is 4. The maximum Gasteiger partial charge on any atom is 2.00 e. The van der Waals surface area contributed by atoms with Crippen molar-refractivity contribution in [3.8, 4) is 23.0 Å². The van der Waals surface area contributed by atoms with Crippen molar-refractivity contribution in [2.45, 2.75) is 19.3 Å². The zero-order chi connectivity index (χ0) is 25.2. The second-order valence-electron chi connectivity index (χ2n) is 6.74. The summed E-state index contributed by atoms with van der Waals surface area (Å²) in [6.45, 7) is 0. The fourth-order valence-corrected chi connectivity index (χ4v) is 3.39. The summed E-state index contributed by atoms with van der Waals surface area (Å²) in [5, 5.41) is 11.4. The summed E-state index contributed by atoms with van der Waals surface area (Å²) in [4.78, 5) is 30.9. The molecule has 1 fully saturated rings. The van der Waals surface area contributed by atoms with Crippen LogP contribution in [-0.4, -0.2) is 37.4 Å². The van der Waals surface area contributed by atoms with Gasteiger partial charge in [0.15, 0.2) is 5.01 Å². The van der Waals surface area contributed by atoms with Crippen molar-refractivity contribution in [2.24, 2.45) is 5.92 Å². The largest absolute Gasteiger partial charge is 2.00 e. The first-order valence-corrected chi connectivity index (χ1v) is 11.6. The molecule has 3 heterocycles. The third kappa shape index (κ3) is 8.76. The average molecular weight is 615 g/mol. The van der Waals surface area contributed by atoms with E-state index in [1.54, 1.807) is 6.29 Å². The number of carbonyl (C=O) groups excluding carboxylic acids is 2. The normalized spacial score (nSPS) is 12.1. The Kier molecular flexibility index (Phi) is 12.1. The summed E-state index contributed by atoms with van der Waals surface area (Å²) in [7, 11) is 0. The number of aromatic nitrogens is 4. The molecule has 1 aliphatic rings. The van der Waals surface area contributed by atoms with E-state index in [1.165, 1.54) is 29.4 Å². The molecular formula is C23H14ClF2N5Ni2O2S. The number of rotatable bonds is 6. The van der Waals surface area contributed by atoms with E-state index >= 15 is 0 Å². The van der Waals surface area contributed by atoms with Gasteiger partial charge < -0.3 is 4.98 Å². The second kappa shape index (κ2) is 14.8. The van der Waals surface area contributed by atoms with Crippen LogP contribution in [0.4, 0.5) is 13.9 Å². The van der Waals surface area contributed by atoms with Crippen molar-refractivity contribution >= 4 is 45.3 Å². The Morgan fingerprint density at radius 3 is 2.75 bits per heavy atom. The van der Waals surface area contributed by atoms with E-state index in [9.17, 15) is 18.4 Å². The van der Waals surface area contributed by atoms with Gasteiger partial charge in [0.1, 0.15) is 5.69 Å². The number of carbonyl (C=O) groups is 1. The summed E-state index contributed by atoms with van der Waals surface area (Å²) in [6.07, 6.45) is 8.65. The number of anilines is 1. The van der Waals surface area contributed by atoms with Gasteiger partial charge in [-0.05, 0) is 30.4 Å². The van der Waals surface area contributed by atoms with Crippen LogP contribution in [0.15, 0.2) is 36.7 Å². The number of halogens is 3. The SMILES string of the molecule is O=C(Nc1nnc(C#CC2CC2)s1)c1cn[c-]cc1-c1cc(C(F)F)ncc1Cl.O=[C-]/C=C\[CH]=[Ni].[Ni+2]. The van der Waals surface area contributed by atoms with Crippen LogP contribution in [0.3, 0.4) is 0 Å². The van der Waals surface area contributed by atoms with Crippen LogP contribution in [0, 0.1) is 24.0 Å². The molecule has 0 spiro atoms. The molecule has 1 saturated carbocycles. The molecule has 0 aromatic carbocycles. The zero-order valence-electron chi connectivity index (χ0n) is 17.9. The molecule has 13 heteroatoms. The van der Waals surface area contributed by atoms with Gasteiger partial charge >= 0.3 is 59.7 Å².